The Balaban J connectivity index is 2.22. The Morgan fingerprint density at radius 1 is 1.26 bits per heavy atom. The lowest BCUT2D eigenvalue weighted by Crippen LogP contribution is -2.33. The van der Waals surface area contributed by atoms with Crippen LogP contribution in [0.2, 0.25) is 0 Å². The van der Waals surface area contributed by atoms with Crippen molar-refractivity contribution in [1.82, 2.24) is 9.55 Å². The number of benzene rings is 1. The molecule has 0 aliphatic heterocycles. The number of imidazole rings is 1. The van der Waals surface area contributed by atoms with Crippen LogP contribution in [0.25, 0.3) is 11.0 Å². The first-order valence-electron chi connectivity index (χ1n) is 7.18. The second-order valence-electron chi connectivity index (χ2n) is 6.05. The predicted molar refractivity (Wildman–Crippen MR) is 80.8 cm³/mol. The van der Waals surface area contributed by atoms with Crippen molar-refractivity contribution in [3.05, 3.63) is 29.6 Å². The molecule has 3 heteroatoms. The summed E-state index contributed by atoms with van der Waals surface area (Å²) in [7, 11) is 0. The summed E-state index contributed by atoms with van der Waals surface area (Å²) in [6.45, 7) is 4.51. The highest BCUT2D eigenvalue weighted by Gasteiger charge is 2.32. The molecule has 0 unspecified atom stereocenters. The van der Waals surface area contributed by atoms with Crippen molar-refractivity contribution in [2.45, 2.75) is 57.4 Å². The van der Waals surface area contributed by atoms with E-state index in [4.69, 9.17) is 16.6 Å². The van der Waals surface area contributed by atoms with Gasteiger partial charge in [-0.05, 0) is 44.4 Å². The first-order chi connectivity index (χ1) is 9.14. The van der Waals surface area contributed by atoms with Gasteiger partial charge in [-0.3, -0.25) is 0 Å². The van der Waals surface area contributed by atoms with Crippen LogP contribution in [-0.2, 0) is 11.4 Å². The van der Waals surface area contributed by atoms with Gasteiger partial charge in [-0.2, -0.15) is 0 Å². The van der Waals surface area contributed by atoms with Gasteiger partial charge in [0.25, 0.3) is 0 Å². The van der Waals surface area contributed by atoms with E-state index in [2.05, 4.69) is 36.6 Å². The van der Waals surface area contributed by atoms with Gasteiger partial charge in [-0.1, -0.05) is 25.3 Å². The van der Waals surface area contributed by atoms with Gasteiger partial charge in [0.15, 0.2) is 0 Å². The van der Waals surface area contributed by atoms with Gasteiger partial charge in [0, 0.05) is 5.54 Å². The Labute approximate surface area is 119 Å². The average Bonchev–Trinajstić information content (AvgIpc) is 2.78. The monoisotopic (exact) mass is 276 g/mol. The Kier molecular flexibility index (Phi) is 3.30. The summed E-state index contributed by atoms with van der Waals surface area (Å²) in [6, 6.07) is 6.49. The van der Waals surface area contributed by atoms with Crippen LogP contribution < -0.4 is 0 Å². The van der Waals surface area contributed by atoms with E-state index in [1.54, 1.807) is 0 Å². The number of hydrogen-bond donors (Lipinski definition) is 0. The molecule has 2 aromatic rings. The van der Waals surface area contributed by atoms with Gasteiger partial charge in [-0.15, -0.1) is 11.6 Å². The SMILES string of the molecule is Cc1ccc2nc(CCl)n(C3(C)CCCCC3)c2c1. The van der Waals surface area contributed by atoms with Crippen LogP contribution in [0.1, 0.15) is 50.4 Å². The zero-order chi connectivity index (χ0) is 13.5. The van der Waals surface area contributed by atoms with Crippen LogP contribution in [0.15, 0.2) is 18.2 Å². The normalized spacial score (nSPS) is 18.9. The molecule has 1 aromatic carbocycles. The standard InChI is InChI=1S/C16H21ClN2/c1-12-6-7-13-14(10-12)19(15(11-17)18-13)16(2)8-4-3-5-9-16/h6-7,10H,3-5,8-9,11H2,1-2H3. The zero-order valence-electron chi connectivity index (χ0n) is 11.7. The molecule has 19 heavy (non-hydrogen) atoms. The minimum absolute atomic E-state index is 0.186. The lowest BCUT2D eigenvalue weighted by Gasteiger charge is -2.36. The fourth-order valence-corrected chi connectivity index (χ4v) is 3.64. The molecular weight excluding hydrogens is 256 g/mol. The smallest absolute Gasteiger partial charge is 0.125 e. The molecule has 1 aliphatic rings. The second kappa shape index (κ2) is 4.82. The van der Waals surface area contributed by atoms with E-state index in [0.29, 0.717) is 5.88 Å². The van der Waals surface area contributed by atoms with Crippen molar-refractivity contribution in [1.29, 1.82) is 0 Å². The maximum Gasteiger partial charge on any atom is 0.125 e. The van der Waals surface area contributed by atoms with Crippen LogP contribution >= 0.6 is 11.6 Å². The van der Waals surface area contributed by atoms with Gasteiger partial charge < -0.3 is 4.57 Å². The van der Waals surface area contributed by atoms with E-state index in [0.717, 1.165) is 11.3 Å². The highest BCUT2D eigenvalue weighted by atomic mass is 35.5. The first kappa shape index (κ1) is 13.0. The van der Waals surface area contributed by atoms with Crippen LogP contribution in [0.3, 0.4) is 0 Å². The van der Waals surface area contributed by atoms with Crippen molar-refractivity contribution in [3.63, 3.8) is 0 Å². The number of alkyl halides is 1. The van der Waals surface area contributed by atoms with Crippen molar-refractivity contribution in [2.24, 2.45) is 0 Å². The Bertz CT molecular complexity index is 594. The summed E-state index contributed by atoms with van der Waals surface area (Å²) in [5.74, 6) is 1.51. The number of nitrogens with zero attached hydrogens (tertiary/aromatic N) is 2. The van der Waals surface area contributed by atoms with E-state index in [9.17, 15) is 0 Å². The molecule has 0 amide bonds. The topological polar surface area (TPSA) is 17.8 Å². The fraction of sp³-hybridized carbons (Fsp3) is 0.562. The molecule has 1 saturated carbocycles. The van der Waals surface area contributed by atoms with E-state index in [-0.39, 0.29) is 5.54 Å². The summed E-state index contributed by atoms with van der Waals surface area (Å²) >= 11 is 6.14. The van der Waals surface area contributed by atoms with Crippen molar-refractivity contribution < 1.29 is 0 Å². The number of fused-ring (bicyclic) bond motifs is 1. The molecule has 1 aromatic heterocycles. The van der Waals surface area contributed by atoms with E-state index < -0.39 is 0 Å². The van der Waals surface area contributed by atoms with E-state index >= 15 is 0 Å². The lowest BCUT2D eigenvalue weighted by atomic mass is 9.83. The fourth-order valence-electron chi connectivity index (χ4n) is 3.46. The van der Waals surface area contributed by atoms with Crippen LogP contribution in [-0.4, -0.2) is 9.55 Å². The summed E-state index contributed by atoms with van der Waals surface area (Å²) in [6.07, 6.45) is 6.44. The van der Waals surface area contributed by atoms with E-state index in [1.807, 2.05) is 0 Å². The molecule has 0 bridgehead atoms. The predicted octanol–water partition coefficient (Wildman–Crippen LogP) is 4.76. The van der Waals surface area contributed by atoms with Crippen LogP contribution in [0.4, 0.5) is 0 Å². The lowest BCUT2D eigenvalue weighted by molar-refractivity contribution is 0.220. The molecule has 1 fully saturated rings. The third-order valence-corrected chi connectivity index (χ3v) is 4.71. The number of rotatable bonds is 2. The zero-order valence-corrected chi connectivity index (χ0v) is 12.5. The molecule has 0 saturated heterocycles. The number of hydrogen-bond acceptors (Lipinski definition) is 1. The van der Waals surface area contributed by atoms with Gasteiger partial charge in [-0.25, -0.2) is 4.98 Å². The number of halogens is 1. The molecule has 1 heterocycles. The number of aryl methyl sites for hydroxylation is 1. The van der Waals surface area contributed by atoms with Crippen LogP contribution in [0.5, 0.6) is 0 Å². The Morgan fingerprint density at radius 3 is 2.68 bits per heavy atom. The van der Waals surface area contributed by atoms with Crippen molar-refractivity contribution in [2.75, 3.05) is 0 Å². The minimum atomic E-state index is 0.186. The van der Waals surface area contributed by atoms with Gasteiger partial charge in [0.2, 0.25) is 0 Å². The van der Waals surface area contributed by atoms with Crippen molar-refractivity contribution in [3.8, 4) is 0 Å². The van der Waals surface area contributed by atoms with Gasteiger partial charge in [0.05, 0.1) is 16.9 Å². The van der Waals surface area contributed by atoms with Crippen molar-refractivity contribution >= 4 is 22.6 Å². The summed E-state index contributed by atoms with van der Waals surface area (Å²) in [4.78, 5) is 4.72. The molecule has 102 valence electrons. The summed E-state index contributed by atoms with van der Waals surface area (Å²) in [5.41, 5.74) is 3.80. The molecule has 0 spiro atoms. The molecule has 2 nitrogen and oxygen atoms in total. The highest BCUT2D eigenvalue weighted by Crippen LogP contribution is 2.38. The van der Waals surface area contributed by atoms with Crippen LogP contribution in [0, 0.1) is 6.92 Å². The largest absolute Gasteiger partial charge is 0.321 e. The molecular formula is C16H21ClN2. The third kappa shape index (κ3) is 2.16. The Hall–Kier alpha value is -1.02. The molecule has 0 radical (unpaired) electrons. The molecule has 0 N–H and O–H groups in total. The molecule has 3 rings (SSSR count). The quantitative estimate of drug-likeness (QED) is 0.723. The second-order valence-corrected chi connectivity index (χ2v) is 6.31. The summed E-state index contributed by atoms with van der Waals surface area (Å²) < 4.78 is 2.42. The number of aromatic nitrogens is 2. The third-order valence-electron chi connectivity index (χ3n) is 4.47. The van der Waals surface area contributed by atoms with E-state index in [1.165, 1.54) is 43.2 Å². The maximum absolute atomic E-state index is 6.14. The minimum Gasteiger partial charge on any atom is -0.321 e. The van der Waals surface area contributed by atoms with Gasteiger partial charge >= 0.3 is 0 Å². The Morgan fingerprint density at radius 2 is 2.00 bits per heavy atom. The highest BCUT2D eigenvalue weighted by molar-refractivity contribution is 6.16. The molecule has 0 atom stereocenters. The first-order valence-corrected chi connectivity index (χ1v) is 7.72. The summed E-state index contributed by atoms with van der Waals surface area (Å²) in [5, 5.41) is 0. The average molecular weight is 277 g/mol. The maximum atomic E-state index is 6.14. The molecule has 1 aliphatic carbocycles. The van der Waals surface area contributed by atoms with Gasteiger partial charge in [0.1, 0.15) is 5.82 Å².